The highest BCUT2D eigenvalue weighted by Gasteiger charge is 2.25. The molecular formula is C24H25F2N5O. The second-order valence-corrected chi connectivity index (χ2v) is 7.91. The van der Waals surface area contributed by atoms with Crippen LogP contribution in [-0.2, 0) is 4.79 Å². The van der Waals surface area contributed by atoms with Gasteiger partial charge in [-0.15, -0.1) is 0 Å². The zero-order valence-corrected chi connectivity index (χ0v) is 17.8. The van der Waals surface area contributed by atoms with Crippen molar-refractivity contribution in [2.75, 3.05) is 62.2 Å². The van der Waals surface area contributed by atoms with Gasteiger partial charge in [-0.2, -0.15) is 5.26 Å². The summed E-state index contributed by atoms with van der Waals surface area (Å²) in [5.41, 5.74) is 2.02. The second-order valence-electron chi connectivity index (χ2n) is 7.91. The summed E-state index contributed by atoms with van der Waals surface area (Å²) >= 11 is 0. The topological polar surface area (TPSA) is 53.8 Å². The quantitative estimate of drug-likeness (QED) is 0.544. The number of anilines is 2. The molecule has 0 aromatic heterocycles. The van der Waals surface area contributed by atoms with Gasteiger partial charge in [0, 0.05) is 69.9 Å². The Morgan fingerprint density at radius 3 is 1.62 bits per heavy atom. The molecule has 4 rings (SSSR count). The minimum atomic E-state index is -0.273. The van der Waals surface area contributed by atoms with Crippen molar-refractivity contribution < 1.29 is 13.6 Å². The van der Waals surface area contributed by atoms with Crippen molar-refractivity contribution in [1.82, 2.24) is 9.80 Å². The molecule has 2 heterocycles. The van der Waals surface area contributed by atoms with E-state index < -0.39 is 0 Å². The fourth-order valence-electron chi connectivity index (χ4n) is 4.07. The number of piperazine rings is 2. The molecule has 0 aliphatic carbocycles. The number of hydrogen-bond donors (Lipinski definition) is 0. The maximum atomic E-state index is 13.1. The largest absolute Gasteiger partial charge is 0.373 e. The van der Waals surface area contributed by atoms with E-state index in [-0.39, 0.29) is 23.1 Å². The molecule has 6 nitrogen and oxygen atoms in total. The molecule has 8 heteroatoms. The van der Waals surface area contributed by atoms with Gasteiger partial charge in [0.15, 0.2) is 0 Å². The van der Waals surface area contributed by atoms with Gasteiger partial charge in [0.25, 0.3) is 5.91 Å². The van der Waals surface area contributed by atoms with Crippen molar-refractivity contribution >= 4 is 17.3 Å². The minimum Gasteiger partial charge on any atom is -0.373 e. The van der Waals surface area contributed by atoms with Gasteiger partial charge >= 0.3 is 0 Å². The lowest BCUT2D eigenvalue weighted by atomic mass is 10.2. The van der Waals surface area contributed by atoms with E-state index in [9.17, 15) is 18.8 Å². The van der Waals surface area contributed by atoms with Gasteiger partial charge in [0.05, 0.1) is 0 Å². The Kier molecular flexibility index (Phi) is 6.55. The summed E-state index contributed by atoms with van der Waals surface area (Å²) in [5.74, 6) is -0.789. The molecular weight excluding hydrogens is 412 g/mol. The molecule has 166 valence electrons. The predicted molar refractivity (Wildman–Crippen MR) is 119 cm³/mol. The van der Waals surface area contributed by atoms with Gasteiger partial charge in [-0.1, -0.05) is 0 Å². The van der Waals surface area contributed by atoms with E-state index in [1.165, 1.54) is 24.3 Å². The van der Waals surface area contributed by atoms with Crippen LogP contribution in [0.1, 0.15) is 0 Å². The van der Waals surface area contributed by atoms with Crippen LogP contribution in [-0.4, -0.2) is 68.1 Å². The number of benzene rings is 2. The third kappa shape index (κ3) is 4.99. The van der Waals surface area contributed by atoms with E-state index in [0.29, 0.717) is 39.3 Å². The van der Waals surface area contributed by atoms with E-state index in [4.69, 9.17) is 0 Å². The van der Waals surface area contributed by atoms with Gasteiger partial charge in [0.2, 0.25) is 0 Å². The molecule has 2 saturated heterocycles. The number of nitrogens with zero attached hydrogens (tertiary/aromatic N) is 5. The molecule has 0 bridgehead atoms. The molecule has 0 saturated carbocycles. The zero-order valence-electron chi connectivity index (χ0n) is 17.8. The summed E-state index contributed by atoms with van der Waals surface area (Å²) in [5, 5.41) is 9.59. The number of halogens is 2. The molecule has 2 aliphatic heterocycles. The Hall–Kier alpha value is -3.60. The monoisotopic (exact) mass is 437 g/mol. The van der Waals surface area contributed by atoms with Crippen LogP contribution in [0.5, 0.6) is 0 Å². The van der Waals surface area contributed by atoms with E-state index in [1.807, 2.05) is 4.90 Å². The van der Waals surface area contributed by atoms with Crippen LogP contribution in [0.15, 0.2) is 60.3 Å². The maximum Gasteiger partial charge on any atom is 0.266 e. The fourth-order valence-corrected chi connectivity index (χ4v) is 4.07. The van der Waals surface area contributed by atoms with Crippen LogP contribution in [0.4, 0.5) is 20.2 Å². The predicted octanol–water partition coefficient (Wildman–Crippen LogP) is 2.84. The minimum absolute atomic E-state index is 0.135. The van der Waals surface area contributed by atoms with Crippen molar-refractivity contribution in [2.24, 2.45) is 0 Å². The van der Waals surface area contributed by atoms with Crippen molar-refractivity contribution in [3.8, 4) is 6.07 Å². The van der Waals surface area contributed by atoms with E-state index >= 15 is 0 Å². The summed E-state index contributed by atoms with van der Waals surface area (Å²) in [6.45, 7) is 5.08. The second kappa shape index (κ2) is 9.69. The molecule has 2 fully saturated rings. The molecule has 0 N–H and O–H groups in total. The van der Waals surface area contributed by atoms with Crippen molar-refractivity contribution in [1.29, 1.82) is 5.26 Å². The first-order valence-corrected chi connectivity index (χ1v) is 10.7. The standard InChI is InChI=1S/C24H25F2N5O/c25-20-1-5-22(6-2-20)29-11-9-28(10-12-29)18-19(17-27)24(32)31-15-13-30(14-16-31)23-7-3-21(26)4-8-23/h1-8,18H,9-16H2/b19-18-. The van der Waals surface area contributed by atoms with Crippen LogP contribution in [0.25, 0.3) is 0 Å². The lowest BCUT2D eigenvalue weighted by Gasteiger charge is -2.37. The van der Waals surface area contributed by atoms with Crippen LogP contribution in [0.3, 0.4) is 0 Å². The fraction of sp³-hybridized carbons (Fsp3) is 0.333. The van der Waals surface area contributed by atoms with Crippen molar-refractivity contribution in [3.05, 3.63) is 71.9 Å². The lowest BCUT2D eigenvalue weighted by molar-refractivity contribution is -0.127. The van der Waals surface area contributed by atoms with Gasteiger partial charge < -0.3 is 19.6 Å². The summed E-state index contributed by atoms with van der Waals surface area (Å²) in [6, 6.07) is 14.8. The summed E-state index contributed by atoms with van der Waals surface area (Å²) in [6.07, 6.45) is 1.66. The Labute approximate surface area is 186 Å². The Morgan fingerprint density at radius 1 is 0.750 bits per heavy atom. The smallest absolute Gasteiger partial charge is 0.266 e. The van der Waals surface area contributed by atoms with Crippen LogP contribution >= 0.6 is 0 Å². The number of amides is 1. The number of carbonyl (C=O) groups excluding carboxylic acids is 1. The third-order valence-electron chi connectivity index (χ3n) is 5.93. The number of nitriles is 1. The Morgan fingerprint density at radius 2 is 1.19 bits per heavy atom. The van der Waals surface area contributed by atoms with Crippen molar-refractivity contribution in [2.45, 2.75) is 0 Å². The first-order valence-electron chi connectivity index (χ1n) is 10.7. The van der Waals surface area contributed by atoms with Crippen LogP contribution in [0.2, 0.25) is 0 Å². The van der Waals surface area contributed by atoms with E-state index in [2.05, 4.69) is 15.9 Å². The van der Waals surface area contributed by atoms with Gasteiger partial charge in [-0.3, -0.25) is 4.79 Å². The molecule has 0 atom stereocenters. The Balaban J connectivity index is 1.31. The summed E-state index contributed by atoms with van der Waals surface area (Å²) in [4.78, 5) is 20.9. The average Bonchev–Trinajstić information content (AvgIpc) is 2.84. The molecule has 32 heavy (non-hydrogen) atoms. The highest BCUT2D eigenvalue weighted by molar-refractivity contribution is 5.97. The van der Waals surface area contributed by atoms with Crippen molar-refractivity contribution in [3.63, 3.8) is 0 Å². The lowest BCUT2D eigenvalue weighted by Crippen LogP contribution is -2.49. The molecule has 1 amide bonds. The van der Waals surface area contributed by atoms with E-state index in [0.717, 1.165) is 24.5 Å². The molecule has 2 aromatic rings. The highest BCUT2D eigenvalue weighted by Crippen LogP contribution is 2.19. The third-order valence-corrected chi connectivity index (χ3v) is 5.93. The normalized spacial score (nSPS) is 17.3. The van der Waals surface area contributed by atoms with Crippen LogP contribution in [0, 0.1) is 23.0 Å². The summed E-state index contributed by atoms with van der Waals surface area (Å²) in [7, 11) is 0. The first-order chi connectivity index (χ1) is 15.5. The Bertz CT molecular complexity index is 1000. The number of hydrogen-bond acceptors (Lipinski definition) is 5. The zero-order chi connectivity index (χ0) is 22.5. The number of carbonyl (C=O) groups is 1. The molecule has 0 unspecified atom stereocenters. The molecule has 2 aromatic carbocycles. The maximum absolute atomic E-state index is 13.1. The first kappa shape index (κ1) is 21.6. The molecule has 0 radical (unpaired) electrons. The van der Waals surface area contributed by atoms with Gasteiger partial charge in [-0.05, 0) is 48.5 Å². The van der Waals surface area contributed by atoms with Gasteiger partial charge in [-0.25, -0.2) is 8.78 Å². The molecule has 0 spiro atoms. The molecule has 2 aliphatic rings. The average molecular weight is 437 g/mol. The highest BCUT2D eigenvalue weighted by atomic mass is 19.1. The van der Waals surface area contributed by atoms with Crippen LogP contribution < -0.4 is 9.80 Å². The SMILES string of the molecule is N#C/C(=C/N1CCN(c2ccc(F)cc2)CC1)C(=O)N1CCN(c2ccc(F)cc2)CC1. The summed E-state index contributed by atoms with van der Waals surface area (Å²) < 4.78 is 26.3. The van der Waals surface area contributed by atoms with Gasteiger partial charge in [0.1, 0.15) is 23.3 Å². The number of rotatable bonds is 4. The van der Waals surface area contributed by atoms with E-state index in [1.54, 1.807) is 35.4 Å².